The molecule has 2 N–H and O–H groups in total. The van der Waals surface area contributed by atoms with E-state index in [4.69, 9.17) is 0 Å². The zero-order chi connectivity index (χ0) is 15.7. The highest BCUT2D eigenvalue weighted by Gasteiger charge is 2.41. The van der Waals surface area contributed by atoms with Gasteiger partial charge in [-0.05, 0) is 20.3 Å². The van der Waals surface area contributed by atoms with Crippen molar-refractivity contribution in [1.29, 1.82) is 0 Å². The lowest BCUT2D eigenvalue weighted by atomic mass is 10.0. The van der Waals surface area contributed by atoms with Gasteiger partial charge in [0, 0.05) is 12.1 Å². The highest BCUT2D eigenvalue weighted by molar-refractivity contribution is 7.92. The van der Waals surface area contributed by atoms with Gasteiger partial charge in [-0.15, -0.1) is 0 Å². The number of hydrogen-bond acceptors (Lipinski definition) is 7. The Bertz CT molecular complexity index is 715. The Hall–Kier alpha value is -1.26. The van der Waals surface area contributed by atoms with Crippen molar-refractivity contribution in [3.8, 4) is 0 Å². The molecule has 118 valence electrons. The van der Waals surface area contributed by atoms with Crippen LogP contribution in [-0.2, 0) is 19.9 Å². The van der Waals surface area contributed by atoms with Crippen molar-refractivity contribution in [2.75, 3.05) is 23.4 Å². The van der Waals surface area contributed by atoms with Crippen LogP contribution in [0.3, 0.4) is 0 Å². The second-order valence-corrected chi connectivity index (χ2v) is 9.15. The molecule has 1 fully saturated rings. The van der Waals surface area contributed by atoms with Crippen LogP contribution in [0.4, 0.5) is 5.95 Å². The molecule has 21 heavy (non-hydrogen) atoms. The highest BCUT2D eigenvalue weighted by Crippen LogP contribution is 2.25. The fraction of sp³-hybridized carbons (Fsp3) is 0.636. The molecule has 1 aliphatic rings. The van der Waals surface area contributed by atoms with Gasteiger partial charge in [0.05, 0.1) is 23.9 Å². The molecule has 1 aromatic rings. The minimum Gasteiger partial charge on any atom is -0.355 e. The average Bonchev–Trinajstić information content (AvgIpc) is 2.63. The van der Waals surface area contributed by atoms with Gasteiger partial charge in [-0.25, -0.2) is 31.5 Å². The predicted octanol–water partition coefficient (Wildman–Crippen LogP) is -0.236. The fourth-order valence-corrected chi connectivity index (χ4v) is 5.69. The van der Waals surface area contributed by atoms with Crippen molar-refractivity contribution < 1.29 is 16.8 Å². The molecular formula is C11H18N4O4S2. The van der Waals surface area contributed by atoms with Crippen molar-refractivity contribution in [2.45, 2.75) is 30.7 Å². The van der Waals surface area contributed by atoms with Crippen LogP contribution >= 0.6 is 0 Å². The molecule has 0 saturated carbocycles. The summed E-state index contributed by atoms with van der Waals surface area (Å²) in [6, 6.07) is 0. The molecule has 1 atom stereocenters. The predicted molar refractivity (Wildman–Crippen MR) is 78.2 cm³/mol. The first kappa shape index (κ1) is 16.1. The van der Waals surface area contributed by atoms with Gasteiger partial charge < -0.3 is 5.32 Å². The number of nitrogens with zero attached hydrogens (tertiary/aromatic N) is 2. The number of rotatable bonds is 5. The number of sulfone groups is 1. The quantitative estimate of drug-likeness (QED) is 0.763. The smallest absolute Gasteiger partial charge is 0.244 e. The summed E-state index contributed by atoms with van der Waals surface area (Å²) in [6.07, 6.45) is 2.64. The minimum atomic E-state index is -3.85. The van der Waals surface area contributed by atoms with Crippen LogP contribution in [0, 0.1) is 0 Å². The molecule has 0 spiro atoms. The molecule has 1 unspecified atom stereocenters. The summed E-state index contributed by atoms with van der Waals surface area (Å²) in [6.45, 7) is 4.08. The lowest BCUT2D eigenvalue weighted by Gasteiger charge is -2.23. The molecule has 10 heteroatoms. The van der Waals surface area contributed by atoms with Gasteiger partial charge in [0.25, 0.3) is 0 Å². The molecule has 1 aliphatic heterocycles. The lowest BCUT2D eigenvalue weighted by Crippen LogP contribution is -2.46. The van der Waals surface area contributed by atoms with Gasteiger partial charge in [0.2, 0.25) is 16.0 Å². The molecule has 2 heterocycles. The molecule has 0 aliphatic carbocycles. The van der Waals surface area contributed by atoms with Crippen LogP contribution in [0.25, 0.3) is 0 Å². The molecule has 0 aromatic carbocycles. The average molecular weight is 334 g/mol. The van der Waals surface area contributed by atoms with E-state index in [2.05, 4.69) is 20.0 Å². The largest absolute Gasteiger partial charge is 0.355 e. The Balaban J connectivity index is 2.19. The normalized spacial score (nSPS) is 24.9. The number of nitrogens with one attached hydrogen (secondary N) is 2. The van der Waals surface area contributed by atoms with Crippen LogP contribution in [0.1, 0.15) is 20.3 Å². The third-order valence-corrected chi connectivity index (χ3v) is 6.65. The van der Waals surface area contributed by atoms with E-state index in [1.165, 1.54) is 12.4 Å². The zero-order valence-electron chi connectivity index (χ0n) is 11.8. The third kappa shape index (κ3) is 3.89. The molecule has 1 aromatic heterocycles. The summed E-state index contributed by atoms with van der Waals surface area (Å²) in [7, 11) is -7.04. The Morgan fingerprint density at radius 2 is 1.95 bits per heavy atom. The van der Waals surface area contributed by atoms with E-state index in [-0.39, 0.29) is 22.8 Å². The van der Waals surface area contributed by atoms with Crippen molar-refractivity contribution in [3.63, 3.8) is 0 Å². The summed E-state index contributed by atoms with van der Waals surface area (Å²) in [5.41, 5.74) is -0.988. The monoisotopic (exact) mass is 334 g/mol. The van der Waals surface area contributed by atoms with Crippen LogP contribution in [0.15, 0.2) is 17.3 Å². The maximum absolute atomic E-state index is 12.3. The van der Waals surface area contributed by atoms with Crippen molar-refractivity contribution >= 4 is 25.8 Å². The summed E-state index contributed by atoms with van der Waals surface area (Å²) in [5, 5.41) is 2.86. The van der Waals surface area contributed by atoms with Crippen LogP contribution in [-0.4, -0.2) is 50.4 Å². The number of sulfonamides is 1. The topological polar surface area (TPSA) is 118 Å². The second-order valence-electron chi connectivity index (χ2n) is 5.28. The van der Waals surface area contributed by atoms with E-state index in [9.17, 15) is 16.8 Å². The zero-order valence-corrected chi connectivity index (χ0v) is 13.5. The van der Waals surface area contributed by atoms with Crippen LogP contribution in [0.5, 0.6) is 0 Å². The van der Waals surface area contributed by atoms with Gasteiger partial charge in [-0.3, -0.25) is 0 Å². The first-order valence-corrected chi connectivity index (χ1v) is 9.77. The summed E-state index contributed by atoms with van der Waals surface area (Å²) >= 11 is 0. The molecular weight excluding hydrogens is 316 g/mol. The van der Waals surface area contributed by atoms with Crippen LogP contribution in [0.2, 0.25) is 0 Å². The standard InChI is InChI=1S/C11H18N4O4S2/c1-3-12-10-13-6-9(7-14-10)21(18,19)15-11(2)4-5-20(16,17)8-11/h6-7,15H,3-5,8H2,1-2H3,(H,12,13,14). The molecule has 2 rings (SSSR count). The number of aromatic nitrogens is 2. The third-order valence-electron chi connectivity index (χ3n) is 3.16. The summed E-state index contributed by atoms with van der Waals surface area (Å²) in [4.78, 5) is 7.71. The molecule has 1 saturated heterocycles. The summed E-state index contributed by atoms with van der Waals surface area (Å²) < 4.78 is 50.0. The van der Waals surface area contributed by atoms with Gasteiger partial charge >= 0.3 is 0 Å². The van der Waals surface area contributed by atoms with E-state index in [1.54, 1.807) is 6.92 Å². The van der Waals surface area contributed by atoms with Crippen molar-refractivity contribution in [3.05, 3.63) is 12.4 Å². The van der Waals surface area contributed by atoms with Gasteiger partial charge in [0.15, 0.2) is 9.84 Å². The maximum atomic E-state index is 12.3. The van der Waals surface area contributed by atoms with E-state index in [0.29, 0.717) is 12.5 Å². The lowest BCUT2D eigenvalue weighted by molar-refractivity contribution is 0.461. The van der Waals surface area contributed by atoms with E-state index in [0.717, 1.165) is 0 Å². The van der Waals surface area contributed by atoms with E-state index >= 15 is 0 Å². The molecule has 0 amide bonds. The molecule has 8 nitrogen and oxygen atoms in total. The maximum Gasteiger partial charge on any atom is 0.244 e. The SMILES string of the molecule is CCNc1ncc(S(=O)(=O)NC2(C)CCS(=O)(=O)C2)cn1. The number of hydrogen-bond donors (Lipinski definition) is 2. The van der Waals surface area contributed by atoms with E-state index < -0.39 is 25.4 Å². The minimum absolute atomic E-state index is 0.0120. The fourth-order valence-electron chi connectivity index (χ4n) is 2.18. The van der Waals surface area contributed by atoms with Crippen LogP contribution < -0.4 is 10.0 Å². The Labute approximate surface area is 124 Å². The number of anilines is 1. The second kappa shape index (κ2) is 5.50. The van der Waals surface area contributed by atoms with Gasteiger partial charge in [0.1, 0.15) is 4.90 Å². The highest BCUT2D eigenvalue weighted by atomic mass is 32.2. The first-order chi connectivity index (χ1) is 9.66. The van der Waals surface area contributed by atoms with E-state index in [1.807, 2.05) is 6.92 Å². The van der Waals surface area contributed by atoms with Gasteiger partial charge in [-0.2, -0.15) is 0 Å². The van der Waals surface area contributed by atoms with Crippen molar-refractivity contribution in [2.24, 2.45) is 0 Å². The van der Waals surface area contributed by atoms with Crippen molar-refractivity contribution in [1.82, 2.24) is 14.7 Å². The summed E-state index contributed by atoms with van der Waals surface area (Å²) in [5.74, 6) is 0.128. The van der Waals surface area contributed by atoms with Gasteiger partial charge in [-0.1, -0.05) is 0 Å². The Morgan fingerprint density at radius 3 is 2.43 bits per heavy atom. The molecule has 0 bridgehead atoms. The first-order valence-electron chi connectivity index (χ1n) is 6.46. The Kier molecular flexibility index (Phi) is 4.22. The Morgan fingerprint density at radius 1 is 1.33 bits per heavy atom. The molecule has 0 radical (unpaired) electrons.